The van der Waals surface area contributed by atoms with Gasteiger partial charge in [-0.25, -0.2) is 0 Å². The number of hydrogen-bond acceptors (Lipinski definition) is 2. The molecule has 106 valence electrons. The molecule has 2 heteroatoms. The van der Waals surface area contributed by atoms with Crippen LogP contribution >= 0.6 is 0 Å². The van der Waals surface area contributed by atoms with Gasteiger partial charge >= 0.3 is 0 Å². The van der Waals surface area contributed by atoms with Crippen molar-refractivity contribution in [3.8, 4) is 0 Å². The van der Waals surface area contributed by atoms with Crippen LogP contribution in [0.4, 0.5) is 11.4 Å². The maximum Gasteiger partial charge on any atom is 0.0346 e. The molecule has 0 fully saturated rings. The zero-order valence-corrected chi connectivity index (χ0v) is 12.9. The average Bonchev–Trinajstić information content (AvgIpc) is 2.32. The summed E-state index contributed by atoms with van der Waals surface area (Å²) in [6.45, 7) is 10.3. The summed E-state index contributed by atoms with van der Waals surface area (Å²) < 4.78 is 0. The van der Waals surface area contributed by atoms with Crippen LogP contribution in [-0.2, 0) is 0 Å². The van der Waals surface area contributed by atoms with Crippen molar-refractivity contribution < 1.29 is 0 Å². The second-order valence-corrected chi connectivity index (χ2v) is 5.61. The van der Waals surface area contributed by atoms with Crippen LogP contribution in [0, 0.1) is 27.7 Å². The minimum Gasteiger partial charge on any atom is -0.383 e. The number of aryl methyl sites for hydroxylation is 4. The summed E-state index contributed by atoms with van der Waals surface area (Å²) in [5.74, 6) is 0. The molecular weight excluding hydrogens is 244 g/mol. The minimum absolute atomic E-state index is 0.913. The van der Waals surface area contributed by atoms with Gasteiger partial charge in [-0.05, 0) is 74.2 Å². The zero-order chi connectivity index (χ0) is 14.5. The van der Waals surface area contributed by atoms with Crippen LogP contribution < -0.4 is 10.6 Å². The molecular formula is C18H24N2. The van der Waals surface area contributed by atoms with E-state index < -0.39 is 0 Å². The Morgan fingerprint density at radius 1 is 0.550 bits per heavy atom. The number of benzene rings is 2. The topological polar surface area (TPSA) is 24.1 Å². The van der Waals surface area contributed by atoms with E-state index in [4.69, 9.17) is 0 Å². The summed E-state index contributed by atoms with van der Waals surface area (Å²) in [5.41, 5.74) is 7.60. The molecule has 0 radical (unpaired) electrons. The maximum absolute atomic E-state index is 3.46. The predicted molar refractivity (Wildman–Crippen MR) is 88.8 cm³/mol. The lowest BCUT2D eigenvalue weighted by Crippen LogP contribution is -2.13. The normalized spacial score (nSPS) is 10.4. The SMILES string of the molecule is Cc1cc(C)cc(NCCNc2cc(C)cc(C)c2)c1. The molecule has 0 aliphatic rings. The summed E-state index contributed by atoms with van der Waals surface area (Å²) in [5, 5.41) is 6.93. The quantitative estimate of drug-likeness (QED) is 0.783. The molecule has 0 aliphatic heterocycles. The molecule has 2 aromatic carbocycles. The van der Waals surface area contributed by atoms with Crippen LogP contribution in [0.3, 0.4) is 0 Å². The van der Waals surface area contributed by atoms with Crippen LogP contribution in [-0.4, -0.2) is 13.1 Å². The Hall–Kier alpha value is -1.96. The van der Waals surface area contributed by atoms with Gasteiger partial charge in [-0.15, -0.1) is 0 Å². The number of anilines is 2. The van der Waals surface area contributed by atoms with Crippen molar-refractivity contribution in [2.24, 2.45) is 0 Å². The molecule has 0 bridgehead atoms. The molecule has 2 aromatic rings. The van der Waals surface area contributed by atoms with Crippen molar-refractivity contribution in [3.63, 3.8) is 0 Å². The monoisotopic (exact) mass is 268 g/mol. The first kappa shape index (κ1) is 14.4. The third-order valence-corrected chi connectivity index (χ3v) is 3.23. The molecule has 2 N–H and O–H groups in total. The number of hydrogen-bond donors (Lipinski definition) is 2. The summed E-state index contributed by atoms with van der Waals surface area (Å²) in [7, 11) is 0. The van der Waals surface area contributed by atoms with Crippen molar-refractivity contribution >= 4 is 11.4 Å². The Morgan fingerprint density at radius 3 is 1.15 bits per heavy atom. The van der Waals surface area contributed by atoms with Gasteiger partial charge in [-0.3, -0.25) is 0 Å². The minimum atomic E-state index is 0.913. The van der Waals surface area contributed by atoms with E-state index in [1.807, 2.05) is 0 Å². The first-order valence-electron chi connectivity index (χ1n) is 7.17. The van der Waals surface area contributed by atoms with Gasteiger partial charge in [0.15, 0.2) is 0 Å². The zero-order valence-electron chi connectivity index (χ0n) is 12.9. The van der Waals surface area contributed by atoms with E-state index in [9.17, 15) is 0 Å². The van der Waals surface area contributed by atoms with Gasteiger partial charge in [0.1, 0.15) is 0 Å². The smallest absolute Gasteiger partial charge is 0.0346 e. The lowest BCUT2D eigenvalue weighted by Gasteiger charge is -2.11. The Labute approximate surface area is 122 Å². The molecule has 0 aliphatic carbocycles. The summed E-state index contributed by atoms with van der Waals surface area (Å²) >= 11 is 0. The van der Waals surface area contributed by atoms with E-state index in [1.54, 1.807) is 0 Å². The van der Waals surface area contributed by atoms with E-state index in [0.717, 1.165) is 13.1 Å². The van der Waals surface area contributed by atoms with Crippen molar-refractivity contribution in [2.75, 3.05) is 23.7 Å². The highest BCUT2D eigenvalue weighted by Gasteiger charge is 1.97. The number of nitrogens with one attached hydrogen (secondary N) is 2. The molecule has 2 rings (SSSR count). The Bertz CT molecular complexity index is 494. The summed E-state index contributed by atoms with van der Waals surface area (Å²) in [6.07, 6.45) is 0. The van der Waals surface area contributed by atoms with Gasteiger partial charge in [0.2, 0.25) is 0 Å². The van der Waals surface area contributed by atoms with E-state index in [2.05, 4.69) is 74.7 Å². The highest BCUT2D eigenvalue weighted by molar-refractivity contribution is 5.50. The van der Waals surface area contributed by atoms with Crippen molar-refractivity contribution in [1.82, 2.24) is 0 Å². The predicted octanol–water partition coefficient (Wildman–Crippen LogP) is 4.44. The molecule has 0 aromatic heterocycles. The third kappa shape index (κ3) is 4.30. The molecule has 2 nitrogen and oxygen atoms in total. The molecule has 20 heavy (non-hydrogen) atoms. The Kier molecular flexibility index (Phi) is 4.67. The van der Waals surface area contributed by atoms with Crippen LogP contribution in [0.2, 0.25) is 0 Å². The fourth-order valence-corrected chi connectivity index (χ4v) is 2.57. The van der Waals surface area contributed by atoms with Crippen molar-refractivity contribution in [2.45, 2.75) is 27.7 Å². The Balaban J connectivity index is 1.84. The van der Waals surface area contributed by atoms with Gasteiger partial charge < -0.3 is 10.6 Å². The molecule has 0 atom stereocenters. The lowest BCUT2D eigenvalue weighted by atomic mass is 10.1. The lowest BCUT2D eigenvalue weighted by molar-refractivity contribution is 1.07. The van der Waals surface area contributed by atoms with Crippen LogP contribution in [0.1, 0.15) is 22.3 Å². The first-order valence-corrected chi connectivity index (χ1v) is 7.17. The highest BCUT2D eigenvalue weighted by Crippen LogP contribution is 2.14. The van der Waals surface area contributed by atoms with Crippen LogP contribution in [0.15, 0.2) is 36.4 Å². The summed E-state index contributed by atoms with van der Waals surface area (Å²) in [4.78, 5) is 0. The standard InChI is InChI=1S/C18H24N2/c1-13-7-14(2)10-17(9-13)19-5-6-20-18-11-15(3)8-16(4)12-18/h7-12,19-20H,5-6H2,1-4H3. The highest BCUT2D eigenvalue weighted by atomic mass is 14.9. The molecule has 0 amide bonds. The third-order valence-electron chi connectivity index (χ3n) is 3.23. The van der Waals surface area contributed by atoms with E-state index in [1.165, 1.54) is 33.6 Å². The van der Waals surface area contributed by atoms with Gasteiger partial charge in [0, 0.05) is 24.5 Å². The van der Waals surface area contributed by atoms with Gasteiger partial charge in [0.25, 0.3) is 0 Å². The molecule has 0 saturated carbocycles. The molecule has 0 heterocycles. The van der Waals surface area contributed by atoms with E-state index in [0.29, 0.717) is 0 Å². The second kappa shape index (κ2) is 6.47. The maximum atomic E-state index is 3.46. The van der Waals surface area contributed by atoms with Gasteiger partial charge in [-0.1, -0.05) is 12.1 Å². The largest absolute Gasteiger partial charge is 0.383 e. The second-order valence-electron chi connectivity index (χ2n) is 5.61. The Morgan fingerprint density at radius 2 is 0.850 bits per heavy atom. The van der Waals surface area contributed by atoms with Gasteiger partial charge in [-0.2, -0.15) is 0 Å². The molecule has 0 spiro atoms. The van der Waals surface area contributed by atoms with E-state index in [-0.39, 0.29) is 0 Å². The summed E-state index contributed by atoms with van der Waals surface area (Å²) in [6, 6.07) is 13.1. The van der Waals surface area contributed by atoms with Crippen LogP contribution in [0.5, 0.6) is 0 Å². The van der Waals surface area contributed by atoms with Gasteiger partial charge in [0.05, 0.1) is 0 Å². The average molecular weight is 268 g/mol. The van der Waals surface area contributed by atoms with Crippen LogP contribution in [0.25, 0.3) is 0 Å². The van der Waals surface area contributed by atoms with Crippen molar-refractivity contribution in [1.29, 1.82) is 0 Å². The first-order chi connectivity index (χ1) is 9.52. The molecule has 0 unspecified atom stereocenters. The van der Waals surface area contributed by atoms with Crippen molar-refractivity contribution in [3.05, 3.63) is 58.7 Å². The fourth-order valence-electron chi connectivity index (χ4n) is 2.57. The molecule has 0 saturated heterocycles. The van der Waals surface area contributed by atoms with E-state index >= 15 is 0 Å². The fraction of sp³-hybridized carbons (Fsp3) is 0.333. The number of rotatable bonds is 5.